The summed E-state index contributed by atoms with van der Waals surface area (Å²) in [6, 6.07) is 8.79. The van der Waals surface area contributed by atoms with E-state index < -0.39 is 0 Å². The van der Waals surface area contributed by atoms with Crippen molar-refractivity contribution < 1.29 is 18.6 Å². The van der Waals surface area contributed by atoms with Crippen LogP contribution >= 0.6 is 0 Å². The fourth-order valence-corrected chi connectivity index (χ4v) is 2.42. The summed E-state index contributed by atoms with van der Waals surface area (Å²) in [5.74, 6) is 2.06. The lowest BCUT2D eigenvalue weighted by molar-refractivity contribution is 0.170. The summed E-state index contributed by atoms with van der Waals surface area (Å²) in [4.78, 5) is 11.7. The van der Waals surface area contributed by atoms with Gasteiger partial charge in [-0.3, -0.25) is 0 Å². The van der Waals surface area contributed by atoms with Gasteiger partial charge < -0.3 is 18.6 Å². The molecule has 5 nitrogen and oxygen atoms in total. The first-order chi connectivity index (χ1) is 11.6. The fraction of sp³-hybridized carbons (Fsp3) is 0.421. The van der Waals surface area contributed by atoms with Crippen LogP contribution in [0.3, 0.4) is 0 Å². The zero-order chi connectivity index (χ0) is 17.5. The Bertz CT molecular complexity index is 718. The van der Waals surface area contributed by atoms with Crippen molar-refractivity contribution in [2.45, 2.75) is 26.2 Å². The molecule has 24 heavy (non-hydrogen) atoms. The predicted molar refractivity (Wildman–Crippen MR) is 93.0 cm³/mol. The van der Waals surface area contributed by atoms with E-state index in [1.165, 1.54) is 6.07 Å². The van der Waals surface area contributed by atoms with Gasteiger partial charge in [-0.05, 0) is 35.7 Å². The third kappa shape index (κ3) is 4.38. The fourth-order valence-electron chi connectivity index (χ4n) is 2.42. The third-order valence-corrected chi connectivity index (χ3v) is 3.66. The maximum atomic E-state index is 11.7. The van der Waals surface area contributed by atoms with E-state index in [4.69, 9.17) is 18.6 Å². The van der Waals surface area contributed by atoms with Crippen LogP contribution in [0, 0.1) is 0 Å². The van der Waals surface area contributed by atoms with Crippen molar-refractivity contribution in [1.82, 2.24) is 0 Å². The molecule has 0 amide bonds. The van der Waals surface area contributed by atoms with E-state index in [9.17, 15) is 4.79 Å². The van der Waals surface area contributed by atoms with E-state index in [1.54, 1.807) is 14.2 Å². The molecule has 0 saturated heterocycles. The van der Waals surface area contributed by atoms with Crippen LogP contribution in [0.2, 0.25) is 0 Å². The highest BCUT2D eigenvalue weighted by Gasteiger charge is 2.15. The van der Waals surface area contributed by atoms with Gasteiger partial charge in [0.25, 0.3) is 0 Å². The second-order valence-electron chi connectivity index (χ2n) is 5.75. The van der Waals surface area contributed by atoms with Crippen molar-refractivity contribution in [3.63, 3.8) is 0 Å². The lowest BCUT2D eigenvalue weighted by Gasteiger charge is -2.14. The molecule has 2 aromatic rings. The topological polar surface area (TPSA) is 57.9 Å². The number of hydrogen-bond donors (Lipinski definition) is 0. The first-order valence-corrected chi connectivity index (χ1v) is 8.01. The van der Waals surface area contributed by atoms with Gasteiger partial charge in [0.05, 0.1) is 13.7 Å². The van der Waals surface area contributed by atoms with E-state index in [2.05, 4.69) is 13.8 Å². The Balaban J connectivity index is 2.38. The highest BCUT2D eigenvalue weighted by atomic mass is 16.5. The Kier molecular flexibility index (Phi) is 6.44. The maximum Gasteiger partial charge on any atom is 0.336 e. The van der Waals surface area contributed by atoms with E-state index in [0.717, 1.165) is 17.5 Å². The summed E-state index contributed by atoms with van der Waals surface area (Å²) in [6.07, 6.45) is 0.779. The second-order valence-corrected chi connectivity index (χ2v) is 5.75. The van der Waals surface area contributed by atoms with E-state index >= 15 is 0 Å². The summed E-state index contributed by atoms with van der Waals surface area (Å²) in [5.41, 5.74) is 1.40. The summed E-state index contributed by atoms with van der Waals surface area (Å²) in [5, 5.41) is 0. The summed E-state index contributed by atoms with van der Waals surface area (Å²) < 4.78 is 21.6. The maximum absolute atomic E-state index is 11.7. The molecule has 0 unspecified atom stereocenters. The quantitative estimate of drug-likeness (QED) is 0.687. The molecule has 0 radical (unpaired) electrons. The molecule has 0 atom stereocenters. The Morgan fingerprint density at radius 1 is 1.04 bits per heavy atom. The summed E-state index contributed by atoms with van der Waals surface area (Å²) in [7, 11) is 3.26. The van der Waals surface area contributed by atoms with Crippen molar-refractivity contribution >= 4 is 0 Å². The molecule has 0 saturated carbocycles. The van der Waals surface area contributed by atoms with Crippen molar-refractivity contribution in [1.29, 1.82) is 0 Å². The number of hydrogen-bond acceptors (Lipinski definition) is 5. The highest BCUT2D eigenvalue weighted by molar-refractivity contribution is 5.65. The van der Waals surface area contributed by atoms with Gasteiger partial charge in [0.15, 0.2) is 11.5 Å². The van der Waals surface area contributed by atoms with Gasteiger partial charge >= 0.3 is 5.63 Å². The van der Waals surface area contributed by atoms with Gasteiger partial charge in [0.1, 0.15) is 5.76 Å². The number of ether oxygens (including phenoxy) is 3. The molecule has 0 bridgehead atoms. The van der Waals surface area contributed by atoms with Crippen LogP contribution in [-0.2, 0) is 4.74 Å². The minimum absolute atomic E-state index is 0.234. The van der Waals surface area contributed by atoms with Gasteiger partial charge in [-0.1, -0.05) is 13.8 Å². The normalized spacial score (nSPS) is 10.9. The summed E-state index contributed by atoms with van der Waals surface area (Å²) >= 11 is 0. The molecule has 2 rings (SSSR count). The lowest BCUT2D eigenvalue weighted by Crippen LogP contribution is -2.04. The third-order valence-electron chi connectivity index (χ3n) is 3.66. The number of rotatable bonds is 8. The van der Waals surface area contributed by atoms with E-state index in [0.29, 0.717) is 30.5 Å². The van der Waals surface area contributed by atoms with Gasteiger partial charge in [0, 0.05) is 31.8 Å². The molecule has 130 valence electrons. The molecule has 5 heteroatoms. The molecule has 0 aliphatic heterocycles. The van der Waals surface area contributed by atoms with E-state index in [1.807, 2.05) is 24.3 Å². The monoisotopic (exact) mass is 332 g/mol. The minimum Gasteiger partial charge on any atom is -0.493 e. The smallest absolute Gasteiger partial charge is 0.336 e. The van der Waals surface area contributed by atoms with Crippen LogP contribution in [0.4, 0.5) is 0 Å². The number of benzene rings is 1. The van der Waals surface area contributed by atoms with E-state index in [-0.39, 0.29) is 11.5 Å². The van der Waals surface area contributed by atoms with Gasteiger partial charge in [0.2, 0.25) is 0 Å². The Morgan fingerprint density at radius 3 is 2.50 bits per heavy atom. The van der Waals surface area contributed by atoms with Crippen LogP contribution in [-0.4, -0.2) is 27.4 Å². The summed E-state index contributed by atoms with van der Waals surface area (Å²) in [6.45, 7) is 5.27. The molecule has 0 N–H and O–H groups in total. The van der Waals surface area contributed by atoms with Crippen molar-refractivity contribution in [3.8, 4) is 22.8 Å². The van der Waals surface area contributed by atoms with Crippen molar-refractivity contribution in [3.05, 3.63) is 46.3 Å². The van der Waals surface area contributed by atoms with Crippen LogP contribution < -0.4 is 15.1 Å². The largest absolute Gasteiger partial charge is 0.493 e. The van der Waals surface area contributed by atoms with Crippen LogP contribution in [0.1, 0.15) is 31.7 Å². The molecule has 0 spiro atoms. The molecule has 0 aliphatic carbocycles. The molecule has 1 aromatic carbocycles. The Labute approximate surface area is 142 Å². The van der Waals surface area contributed by atoms with Crippen molar-refractivity contribution in [2.75, 3.05) is 27.4 Å². The zero-order valence-electron chi connectivity index (χ0n) is 14.6. The molecule has 1 heterocycles. The number of methoxy groups -OCH3 is 2. The average Bonchev–Trinajstić information content (AvgIpc) is 2.58. The second kappa shape index (κ2) is 8.55. The molecular weight excluding hydrogens is 308 g/mol. The minimum atomic E-state index is -0.368. The Hall–Kier alpha value is -2.27. The average molecular weight is 332 g/mol. The van der Waals surface area contributed by atoms with Crippen LogP contribution in [0.25, 0.3) is 11.3 Å². The van der Waals surface area contributed by atoms with Crippen LogP contribution in [0.5, 0.6) is 11.5 Å². The first kappa shape index (κ1) is 18.1. The predicted octanol–water partition coefficient (Wildman–Crippen LogP) is 3.85. The Morgan fingerprint density at radius 2 is 1.83 bits per heavy atom. The SMILES string of the molecule is COCCCOc1cc(-c2oc(=O)ccc2C(C)C)ccc1OC. The highest BCUT2D eigenvalue weighted by Crippen LogP contribution is 2.35. The zero-order valence-corrected chi connectivity index (χ0v) is 14.6. The first-order valence-electron chi connectivity index (χ1n) is 8.01. The standard InChI is InChI=1S/C19H24O5/c1-13(2)15-7-9-18(20)24-19(15)14-6-8-16(22-4)17(12-14)23-11-5-10-21-3/h6-9,12-13H,5,10-11H2,1-4H3. The molecular formula is C19H24O5. The molecule has 0 fully saturated rings. The van der Waals surface area contributed by atoms with Crippen molar-refractivity contribution in [2.24, 2.45) is 0 Å². The lowest BCUT2D eigenvalue weighted by atomic mass is 9.98. The van der Waals surface area contributed by atoms with Gasteiger partial charge in [-0.25, -0.2) is 4.79 Å². The molecule has 0 aliphatic rings. The van der Waals surface area contributed by atoms with Gasteiger partial charge in [-0.15, -0.1) is 0 Å². The van der Waals surface area contributed by atoms with Crippen LogP contribution in [0.15, 0.2) is 39.5 Å². The van der Waals surface area contributed by atoms with Gasteiger partial charge in [-0.2, -0.15) is 0 Å². The molecule has 1 aromatic heterocycles.